The first-order chi connectivity index (χ1) is 7.33. The molecule has 0 N–H and O–H groups in total. The summed E-state index contributed by atoms with van der Waals surface area (Å²) in [6, 6.07) is 0. The van der Waals surface area contributed by atoms with Crippen molar-refractivity contribution in [1.29, 1.82) is 0 Å². The minimum Gasteiger partial charge on any atom is -0.367 e. The topological polar surface area (TPSA) is 26.3 Å². The maximum Gasteiger partial charge on any atom is 0.189 e. The maximum atomic E-state index is 12.2. The number of hydrogen-bond donors (Lipinski definition) is 0. The fourth-order valence-corrected chi connectivity index (χ4v) is 2.43. The molecule has 0 radical (unpaired) electrons. The van der Waals surface area contributed by atoms with Crippen LogP contribution in [0.5, 0.6) is 0 Å². The van der Waals surface area contributed by atoms with Gasteiger partial charge in [0.25, 0.3) is 0 Å². The molecule has 0 aromatic rings. The van der Waals surface area contributed by atoms with E-state index in [1.807, 2.05) is 6.92 Å². The van der Waals surface area contributed by atoms with Gasteiger partial charge in [-0.1, -0.05) is 20.4 Å². The molecule has 0 saturated heterocycles. The standard InChI is InChI=1S/C14H24O2/c1-6-16-14(12(15)11(2)3)9-7-13(4,5)8-10-14/h2,6-10H2,1,3-5H3. The summed E-state index contributed by atoms with van der Waals surface area (Å²) in [5, 5.41) is 0. The Bertz CT molecular complexity index is 279. The highest BCUT2D eigenvalue weighted by molar-refractivity contribution is 6.01. The smallest absolute Gasteiger partial charge is 0.189 e. The van der Waals surface area contributed by atoms with Gasteiger partial charge in [0.15, 0.2) is 5.78 Å². The zero-order chi connectivity index (χ0) is 12.4. The van der Waals surface area contributed by atoms with Crippen molar-refractivity contribution in [2.45, 2.75) is 59.0 Å². The molecule has 1 aliphatic carbocycles. The van der Waals surface area contributed by atoms with Crippen LogP contribution in [0.4, 0.5) is 0 Å². The number of Topliss-reactive ketones (excluding diaryl/α,β-unsaturated/α-hetero) is 1. The molecule has 0 bridgehead atoms. The summed E-state index contributed by atoms with van der Waals surface area (Å²) >= 11 is 0. The second kappa shape index (κ2) is 4.70. The van der Waals surface area contributed by atoms with Crippen molar-refractivity contribution in [3.63, 3.8) is 0 Å². The molecule has 92 valence electrons. The van der Waals surface area contributed by atoms with Crippen molar-refractivity contribution >= 4 is 5.78 Å². The Hall–Kier alpha value is -0.630. The third-order valence-corrected chi connectivity index (χ3v) is 3.63. The van der Waals surface area contributed by atoms with E-state index in [4.69, 9.17) is 4.74 Å². The van der Waals surface area contributed by atoms with Gasteiger partial charge in [-0.15, -0.1) is 0 Å². The van der Waals surface area contributed by atoms with Gasteiger partial charge in [-0.05, 0) is 50.5 Å². The Labute approximate surface area is 99.1 Å². The van der Waals surface area contributed by atoms with Gasteiger partial charge in [-0.3, -0.25) is 4.79 Å². The average molecular weight is 224 g/mol. The molecule has 1 fully saturated rings. The Balaban J connectivity index is 2.84. The second-order valence-electron chi connectivity index (χ2n) is 5.70. The number of hydrogen-bond acceptors (Lipinski definition) is 2. The van der Waals surface area contributed by atoms with Crippen LogP contribution in [0.15, 0.2) is 12.2 Å². The summed E-state index contributed by atoms with van der Waals surface area (Å²) in [4.78, 5) is 12.2. The first-order valence-corrected chi connectivity index (χ1v) is 6.17. The van der Waals surface area contributed by atoms with E-state index >= 15 is 0 Å². The van der Waals surface area contributed by atoms with Crippen LogP contribution in [0.25, 0.3) is 0 Å². The first-order valence-electron chi connectivity index (χ1n) is 6.17. The zero-order valence-corrected chi connectivity index (χ0v) is 11.1. The lowest BCUT2D eigenvalue weighted by atomic mass is 9.69. The molecule has 1 rings (SSSR count). The molecular formula is C14H24O2. The fraction of sp³-hybridized carbons (Fsp3) is 0.786. The van der Waals surface area contributed by atoms with Gasteiger partial charge < -0.3 is 4.74 Å². The summed E-state index contributed by atoms with van der Waals surface area (Å²) in [6.07, 6.45) is 3.76. The molecule has 2 heteroatoms. The number of rotatable bonds is 4. The SMILES string of the molecule is C=C(C)C(=O)C1(OCC)CCC(C)(C)CC1. The lowest BCUT2D eigenvalue weighted by Gasteiger charge is -2.42. The molecule has 2 nitrogen and oxygen atoms in total. The molecule has 0 aromatic carbocycles. The number of carbonyl (C=O) groups excluding carboxylic acids is 1. The van der Waals surface area contributed by atoms with Crippen molar-refractivity contribution in [2.75, 3.05) is 6.61 Å². The number of ether oxygens (including phenoxy) is 1. The molecule has 0 heterocycles. The van der Waals surface area contributed by atoms with Crippen LogP contribution < -0.4 is 0 Å². The van der Waals surface area contributed by atoms with Gasteiger partial charge in [-0.25, -0.2) is 0 Å². The van der Waals surface area contributed by atoms with Crippen LogP contribution in [0, 0.1) is 5.41 Å². The van der Waals surface area contributed by atoms with Crippen molar-refractivity contribution in [3.05, 3.63) is 12.2 Å². The van der Waals surface area contributed by atoms with E-state index in [1.54, 1.807) is 6.92 Å². The molecule has 1 aliphatic rings. The Kier molecular flexibility index (Phi) is 3.95. The van der Waals surface area contributed by atoms with E-state index in [2.05, 4.69) is 20.4 Å². The van der Waals surface area contributed by atoms with Crippen molar-refractivity contribution in [2.24, 2.45) is 5.41 Å². The van der Waals surface area contributed by atoms with Crippen molar-refractivity contribution < 1.29 is 9.53 Å². The van der Waals surface area contributed by atoms with E-state index in [-0.39, 0.29) is 5.78 Å². The van der Waals surface area contributed by atoms with Crippen molar-refractivity contribution in [3.8, 4) is 0 Å². The monoisotopic (exact) mass is 224 g/mol. The lowest BCUT2D eigenvalue weighted by Crippen LogP contribution is -2.46. The zero-order valence-electron chi connectivity index (χ0n) is 11.1. The summed E-state index contributed by atoms with van der Waals surface area (Å²) in [7, 11) is 0. The third kappa shape index (κ3) is 2.73. The minimum absolute atomic E-state index is 0.102. The highest BCUT2D eigenvalue weighted by atomic mass is 16.5. The van der Waals surface area contributed by atoms with Gasteiger partial charge in [0, 0.05) is 6.61 Å². The fourth-order valence-electron chi connectivity index (χ4n) is 2.43. The van der Waals surface area contributed by atoms with E-state index < -0.39 is 5.60 Å². The van der Waals surface area contributed by atoms with Crippen LogP contribution >= 0.6 is 0 Å². The van der Waals surface area contributed by atoms with E-state index in [9.17, 15) is 4.79 Å². The third-order valence-electron chi connectivity index (χ3n) is 3.63. The Morgan fingerprint density at radius 3 is 2.12 bits per heavy atom. The first kappa shape index (κ1) is 13.4. The Morgan fingerprint density at radius 2 is 1.75 bits per heavy atom. The van der Waals surface area contributed by atoms with Gasteiger partial charge in [-0.2, -0.15) is 0 Å². The number of carbonyl (C=O) groups is 1. The van der Waals surface area contributed by atoms with Gasteiger partial charge >= 0.3 is 0 Å². The van der Waals surface area contributed by atoms with Crippen LogP contribution in [-0.4, -0.2) is 18.0 Å². The summed E-state index contributed by atoms with van der Waals surface area (Å²) < 4.78 is 5.78. The van der Waals surface area contributed by atoms with Gasteiger partial charge in [0.05, 0.1) is 0 Å². The lowest BCUT2D eigenvalue weighted by molar-refractivity contribution is -0.148. The Morgan fingerprint density at radius 1 is 1.25 bits per heavy atom. The highest BCUT2D eigenvalue weighted by Gasteiger charge is 2.44. The molecule has 0 aromatic heterocycles. The minimum atomic E-state index is -0.573. The molecule has 0 unspecified atom stereocenters. The van der Waals surface area contributed by atoms with E-state index in [0.29, 0.717) is 17.6 Å². The maximum absolute atomic E-state index is 12.2. The quantitative estimate of drug-likeness (QED) is 0.683. The van der Waals surface area contributed by atoms with Crippen LogP contribution in [0.1, 0.15) is 53.4 Å². The van der Waals surface area contributed by atoms with Crippen LogP contribution in [0.2, 0.25) is 0 Å². The summed E-state index contributed by atoms with van der Waals surface area (Å²) in [5.74, 6) is 0.102. The average Bonchev–Trinajstić information content (AvgIpc) is 2.21. The molecule has 0 atom stereocenters. The van der Waals surface area contributed by atoms with E-state index in [1.165, 1.54) is 0 Å². The molecule has 1 saturated carbocycles. The normalized spacial score (nSPS) is 22.8. The number of ketones is 1. The second-order valence-corrected chi connectivity index (χ2v) is 5.70. The van der Waals surface area contributed by atoms with Crippen molar-refractivity contribution in [1.82, 2.24) is 0 Å². The predicted molar refractivity (Wildman–Crippen MR) is 66.4 cm³/mol. The largest absolute Gasteiger partial charge is 0.367 e. The molecular weight excluding hydrogens is 200 g/mol. The highest BCUT2D eigenvalue weighted by Crippen LogP contribution is 2.43. The molecule has 0 aliphatic heterocycles. The van der Waals surface area contributed by atoms with E-state index in [0.717, 1.165) is 25.7 Å². The summed E-state index contributed by atoms with van der Waals surface area (Å²) in [5.41, 5.74) is 0.389. The molecule has 16 heavy (non-hydrogen) atoms. The van der Waals surface area contributed by atoms with Crippen LogP contribution in [0.3, 0.4) is 0 Å². The van der Waals surface area contributed by atoms with Gasteiger partial charge in [0.2, 0.25) is 0 Å². The predicted octanol–water partition coefficient (Wildman–Crippen LogP) is 3.51. The summed E-state index contributed by atoms with van der Waals surface area (Å²) in [6.45, 7) is 12.6. The van der Waals surface area contributed by atoms with Gasteiger partial charge in [0.1, 0.15) is 5.60 Å². The molecule has 0 spiro atoms. The molecule has 0 amide bonds. The van der Waals surface area contributed by atoms with Crippen LogP contribution in [-0.2, 0) is 9.53 Å².